The second-order valence-corrected chi connectivity index (χ2v) is 8.15. The molecule has 0 aliphatic carbocycles. The molecular formula is C22H22ClFN4O3. The quantitative estimate of drug-likeness (QED) is 0.413. The van der Waals surface area contributed by atoms with Gasteiger partial charge in [0.1, 0.15) is 23.5 Å². The summed E-state index contributed by atoms with van der Waals surface area (Å²) in [6, 6.07) is 7.86. The fraction of sp³-hybridized carbons (Fsp3) is 0.318. The minimum absolute atomic E-state index is 0.0246. The zero-order valence-corrected chi connectivity index (χ0v) is 17.9. The summed E-state index contributed by atoms with van der Waals surface area (Å²) in [6.07, 6.45) is 3.35. The molecule has 0 spiro atoms. The van der Waals surface area contributed by atoms with Crippen LogP contribution in [-0.2, 0) is 0 Å². The normalized spacial score (nSPS) is 17.0. The van der Waals surface area contributed by atoms with Gasteiger partial charge in [-0.05, 0) is 56.8 Å². The number of nitrogens with one attached hydrogen (secondary N) is 1. The molecule has 9 heteroatoms. The molecule has 3 aromatic rings. The van der Waals surface area contributed by atoms with Crippen molar-refractivity contribution >= 4 is 39.6 Å². The van der Waals surface area contributed by atoms with Crippen LogP contribution in [0, 0.1) is 15.9 Å². The van der Waals surface area contributed by atoms with Gasteiger partial charge in [-0.15, -0.1) is 0 Å². The summed E-state index contributed by atoms with van der Waals surface area (Å²) in [5, 5.41) is 15.2. The molecule has 7 nitrogen and oxygen atoms in total. The van der Waals surface area contributed by atoms with E-state index in [1.165, 1.54) is 18.3 Å². The van der Waals surface area contributed by atoms with Crippen molar-refractivity contribution < 1.29 is 14.1 Å². The van der Waals surface area contributed by atoms with Crippen molar-refractivity contribution in [3.05, 3.63) is 63.0 Å². The van der Waals surface area contributed by atoms with Gasteiger partial charge in [0.15, 0.2) is 0 Å². The number of hydrogen-bond acceptors (Lipinski definition) is 6. The Morgan fingerprint density at radius 1 is 1.35 bits per heavy atom. The molecule has 162 valence electrons. The van der Waals surface area contributed by atoms with Crippen LogP contribution in [0.3, 0.4) is 0 Å². The van der Waals surface area contributed by atoms with Crippen molar-refractivity contribution in [3.8, 4) is 5.75 Å². The Balaban J connectivity index is 1.85. The van der Waals surface area contributed by atoms with Gasteiger partial charge < -0.3 is 15.0 Å². The predicted octanol–water partition coefficient (Wildman–Crippen LogP) is 5.50. The molecule has 1 saturated heterocycles. The Bertz CT molecular complexity index is 1160. The van der Waals surface area contributed by atoms with E-state index in [9.17, 15) is 14.5 Å². The highest BCUT2D eigenvalue weighted by Crippen LogP contribution is 2.41. The number of benzene rings is 2. The van der Waals surface area contributed by atoms with E-state index in [0.717, 1.165) is 31.5 Å². The third-order valence-corrected chi connectivity index (χ3v) is 5.96. The zero-order valence-electron chi connectivity index (χ0n) is 17.2. The van der Waals surface area contributed by atoms with Crippen LogP contribution in [-0.4, -0.2) is 42.1 Å². The highest BCUT2D eigenvalue weighted by Gasteiger charge is 2.25. The molecule has 0 radical (unpaired) electrons. The lowest BCUT2D eigenvalue weighted by atomic mass is 9.89. The summed E-state index contributed by atoms with van der Waals surface area (Å²) in [6.45, 7) is 1.96. The van der Waals surface area contributed by atoms with E-state index in [2.05, 4.69) is 22.2 Å². The Kier molecular flexibility index (Phi) is 5.93. The molecule has 1 N–H and O–H groups in total. The van der Waals surface area contributed by atoms with Gasteiger partial charge in [0.2, 0.25) is 0 Å². The number of likely N-dealkylation sites (N-methyl/N-ethyl adjacent to an activating group) is 1. The monoisotopic (exact) mass is 444 g/mol. The Labute approximate surface area is 183 Å². The smallest absolute Gasteiger partial charge is 0.311 e. The van der Waals surface area contributed by atoms with Gasteiger partial charge >= 0.3 is 5.69 Å². The summed E-state index contributed by atoms with van der Waals surface area (Å²) in [5.41, 5.74) is 1.99. The number of nitrogens with zero attached hydrogens (tertiary/aromatic N) is 3. The Morgan fingerprint density at radius 2 is 2.16 bits per heavy atom. The molecule has 1 unspecified atom stereocenters. The molecule has 0 saturated carbocycles. The number of halogens is 2. The largest absolute Gasteiger partial charge is 0.496 e. The first kappa shape index (κ1) is 21.3. The predicted molar refractivity (Wildman–Crippen MR) is 119 cm³/mol. The number of aromatic nitrogens is 1. The van der Waals surface area contributed by atoms with E-state index in [1.807, 2.05) is 6.07 Å². The number of ether oxygens (including phenoxy) is 1. The lowest BCUT2D eigenvalue weighted by Crippen LogP contribution is -2.31. The van der Waals surface area contributed by atoms with Gasteiger partial charge in [0, 0.05) is 29.1 Å². The molecule has 1 aliphatic heterocycles. The van der Waals surface area contributed by atoms with Crippen LogP contribution in [0.1, 0.15) is 24.3 Å². The second-order valence-electron chi connectivity index (χ2n) is 7.74. The van der Waals surface area contributed by atoms with Gasteiger partial charge in [0.05, 0.1) is 22.6 Å². The molecular weight excluding hydrogens is 423 g/mol. The number of hydrogen-bond donors (Lipinski definition) is 1. The summed E-state index contributed by atoms with van der Waals surface area (Å²) >= 11 is 5.76. The maximum atomic E-state index is 13.9. The average Bonchev–Trinajstić information content (AvgIpc) is 2.75. The molecule has 2 aromatic carbocycles. The van der Waals surface area contributed by atoms with E-state index in [1.54, 1.807) is 19.2 Å². The lowest BCUT2D eigenvalue weighted by Gasteiger charge is -2.31. The third-order valence-electron chi connectivity index (χ3n) is 5.65. The number of rotatable bonds is 5. The molecule has 0 bridgehead atoms. The average molecular weight is 445 g/mol. The van der Waals surface area contributed by atoms with Crippen molar-refractivity contribution in [1.29, 1.82) is 0 Å². The van der Waals surface area contributed by atoms with Crippen molar-refractivity contribution in [2.75, 3.05) is 32.6 Å². The number of pyridine rings is 1. The fourth-order valence-corrected chi connectivity index (χ4v) is 4.25. The number of likely N-dealkylation sites (tertiary alicyclic amines) is 1. The number of nitro groups is 1. The highest BCUT2D eigenvalue weighted by molar-refractivity contribution is 6.30. The number of anilines is 2. The maximum Gasteiger partial charge on any atom is 0.311 e. The van der Waals surface area contributed by atoms with Crippen molar-refractivity contribution in [3.63, 3.8) is 0 Å². The first-order chi connectivity index (χ1) is 14.9. The van der Waals surface area contributed by atoms with E-state index < -0.39 is 10.7 Å². The van der Waals surface area contributed by atoms with Crippen molar-refractivity contribution in [1.82, 2.24) is 9.88 Å². The standard InChI is InChI=1S/C22H22ClFN4O3/c1-27-7-3-4-13(12-27)15-9-19-16(10-21(15)31-2)22(20(11-25-19)28(29)30)26-14-5-6-17(23)18(24)8-14/h5-6,8-11,13H,3-4,7,12H2,1-2H3,(H,25,26). The molecule has 4 rings (SSSR count). The third kappa shape index (κ3) is 4.26. The highest BCUT2D eigenvalue weighted by atomic mass is 35.5. The van der Waals surface area contributed by atoms with Gasteiger partial charge in [-0.25, -0.2) is 9.37 Å². The number of fused-ring (bicyclic) bond motifs is 1. The molecule has 1 fully saturated rings. The molecule has 1 aliphatic rings. The second kappa shape index (κ2) is 8.64. The topological polar surface area (TPSA) is 80.5 Å². The van der Waals surface area contributed by atoms with Gasteiger partial charge in [-0.3, -0.25) is 10.1 Å². The molecule has 0 amide bonds. The first-order valence-corrected chi connectivity index (χ1v) is 10.3. The molecule has 1 atom stereocenters. The van der Waals surface area contributed by atoms with E-state index in [-0.39, 0.29) is 22.3 Å². The van der Waals surface area contributed by atoms with E-state index >= 15 is 0 Å². The van der Waals surface area contributed by atoms with E-state index in [4.69, 9.17) is 16.3 Å². The molecule has 31 heavy (non-hydrogen) atoms. The SMILES string of the molecule is COc1cc2c(Nc3ccc(Cl)c(F)c3)c([N+](=O)[O-])cnc2cc1C1CCCN(C)C1. The Hall–Kier alpha value is -2.97. The van der Waals surface area contributed by atoms with Crippen LogP contribution in [0.4, 0.5) is 21.5 Å². The van der Waals surface area contributed by atoms with Crippen LogP contribution in [0.5, 0.6) is 5.75 Å². The Morgan fingerprint density at radius 3 is 2.84 bits per heavy atom. The van der Waals surface area contributed by atoms with Crippen LogP contribution in [0.15, 0.2) is 36.5 Å². The summed E-state index contributed by atoms with van der Waals surface area (Å²) in [7, 11) is 3.68. The van der Waals surface area contributed by atoms with Crippen LogP contribution < -0.4 is 10.1 Å². The van der Waals surface area contributed by atoms with Crippen LogP contribution in [0.25, 0.3) is 10.9 Å². The van der Waals surface area contributed by atoms with Gasteiger partial charge in [0.25, 0.3) is 0 Å². The lowest BCUT2D eigenvalue weighted by molar-refractivity contribution is -0.384. The van der Waals surface area contributed by atoms with Crippen molar-refractivity contribution in [2.45, 2.75) is 18.8 Å². The summed E-state index contributed by atoms with van der Waals surface area (Å²) < 4.78 is 19.6. The van der Waals surface area contributed by atoms with Crippen LogP contribution >= 0.6 is 11.6 Å². The zero-order chi connectivity index (χ0) is 22.1. The summed E-state index contributed by atoms with van der Waals surface area (Å²) in [4.78, 5) is 17.8. The maximum absolute atomic E-state index is 13.9. The van der Waals surface area contributed by atoms with Crippen LogP contribution in [0.2, 0.25) is 5.02 Å². The van der Waals surface area contributed by atoms with Gasteiger partial charge in [-0.1, -0.05) is 11.6 Å². The number of piperidine rings is 1. The van der Waals surface area contributed by atoms with Crippen molar-refractivity contribution in [2.24, 2.45) is 0 Å². The first-order valence-electron chi connectivity index (χ1n) is 9.93. The molecule has 1 aromatic heterocycles. The number of methoxy groups -OCH3 is 1. The minimum Gasteiger partial charge on any atom is -0.496 e. The van der Waals surface area contributed by atoms with Gasteiger partial charge in [-0.2, -0.15) is 0 Å². The fourth-order valence-electron chi connectivity index (χ4n) is 4.13. The minimum atomic E-state index is -0.617. The van der Waals surface area contributed by atoms with E-state index in [0.29, 0.717) is 22.3 Å². The summed E-state index contributed by atoms with van der Waals surface area (Å²) in [5.74, 6) is 0.325. The molecule has 2 heterocycles.